The number of unbranched alkanes of at least 4 members (excludes halogenated alkanes) is 15. The number of carbonyl (C=O) groups is 1. The first-order chi connectivity index (χ1) is 21.7. The first kappa shape index (κ1) is 42.1. The number of esters is 1. The van der Waals surface area contributed by atoms with Gasteiger partial charge in [-0.05, 0) is 64.2 Å². The molecule has 4 nitrogen and oxygen atoms in total. The van der Waals surface area contributed by atoms with Crippen LogP contribution in [0.2, 0.25) is 0 Å². The van der Waals surface area contributed by atoms with E-state index in [1.54, 1.807) is 0 Å². The number of ether oxygens (including phenoxy) is 2. The second kappa shape index (κ2) is 37.3. The lowest BCUT2D eigenvalue weighted by Gasteiger charge is -2.15. The Bertz CT molecular complexity index is 734. The highest BCUT2D eigenvalue weighted by molar-refractivity contribution is 5.69. The van der Waals surface area contributed by atoms with Gasteiger partial charge < -0.3 is 14.6 Å². The Morgan fingerprint density at radius 2 is 1.02 bits per heavy atom. The molecule has 0 aromatic heterocycles. The van der Waals surface area contributed by atoms with Crippen LogP contribution in [0.25, 0.3) is 0 Å². The molecule has 1 unspecified atom stereocenters. The van der Waals surface area contributed by atoms with Crippen LogP contribution < -0.4 is 0 Å². The van der Waals surface area contributed by atoms with Gasteiger partial charge >= 0.3 is 5.97 Å². The third-order valence-corrected chi connectivity index (χ3v) is 7.59. The van der Waals surface area contributed by atoms with Crippen molar-refractivity contribution in [2.45, 2.75) is 168 Å². The van der Waals surface area contributed by atoms with E-state index in [0.29, 0.717) is 19.4 Å². The van der Waals surface area contributed by atoms with Crippen LogP contribution in [0.3, 0.4) is 0 Å². The Morgan fingerprint density at radius 3 is 1.55 bits per heavy atom. The second-order valence-electron chi connectivity index (χ2n) is 11.9. The summed E-state index contributed by atoms with van der Waals surface area (Å²) in [4.78, 5) is 12.1. The minimum absolute atomic E-state index is 0.204. The fraction of sp³-hybridized carbons (Fsp3) is 0.725. The monoisotopic (exact) mass is 615 g/mol. The molecule has 0 fully saturated rings. The van der Waals surface area contributed by atoms with Crippen LogP contribution in [0.5, 0.6) is 0 Å². The Morgan fingerprint density at radius 1 is 0.568 bits per heavy atom. The van der Waals surface area contributed by atoms with E-state index in [2.05, 4.69) is 68.5 Å². The van der Waals surface area contributed by atoms with Crippen LogP contribution in [0.4, 0.5) is 0 Å². The van der Waals surface area contributed by atoms with Crippen molar-refractivity contribution in [1.29, 1.82) is 0 Å². The maximum absolute atomic E-state index is 12.1. The maximum atomic E-state index is 12.1. The molecule has 44 heavy (non-hydrogen) atoms. The maximum Gasteiger partial charge on any atom is 0.306 e. The summed E-state index contributed by atoms with van der Waals surface area (Å²) in [7, 11) is 0. The molecule has 0 amide bonds. The molecule has 254 valence electrons. The fourth-order valence-electron chi connectivity index (χ4n) is 4.86. The fourth-order valence-corrected chi connectivity index (χ4v) is 4.86. The van der Waals surface area contributed by atoms with Gasteiger partial charge in [0.2, 0.25) is 0 Å². The number of aliphatic hydroxyl groups excluding tert-OH is 1. The molecular weight excluding hydrogens is 544 g/mol. The number of hydrogen-bond donors (Lipinski definition) is 1. The Hall–Kier alpha value is -1.91. The molecule has 0 bridgehead atoms. The average Bonchev–Trinajstić information content (AvgIpc) is 3.03. The smallest absolute Gasteiger partial charge is 0.306 e. The summed E-state index contributed by atoms with van der Waals surface area (Å²) in [5, 5.41) is 9.53. The summed E-state index contributed by atoms with van der Waals surface area (Å²) in [6.45, 7) is 5.13. The predicted molar refractivity (Wildman–Crippen MR) is 191 cm³/mol. The third-order valence-electron chi connectivity index (χ3n) is 7.59. The van der Waals surface area contributed by atoms with Crippen molar-refractivity contribution in [3.05, 3.63) is 60.8 Å². The lowest BCUT2D eigenvalue weighted by atomic mass is 10.1. The Balaban J connectivity index is 3.52. The van der Waals surface area contributed by atoms with E-state index in [9.17, 15) is 9.90 Å². The van der Waals surface area contributed by atoms with Crippen molar-refractivity contribution in [3.8, 4) is 0 Å². The molecule has 4 heteroatoms. The first-order valence-corrected chi connectivity index (χ1v) is 18.4. The highest BCUT2D eigenvalue weighted by atomic mass is 16.6. The molecule has 1 atom stereocenters. The summed E-state index contributed by atoms with van der Waals surface area (Å²) in [5.41, 5.74) is 0. The molecule has 0 spiro atoms. The van der Waals surface area contributed by atoms with E-state index in [1.807, 2.05) is 6.08 Å². The number of carbonyl (C=O) groups excluding carboxylic acids is 1. The van der Waals surface area contributed by atoms with Gasteiger partial charge in [-0.25, -0.2) is 0 Å². The summed E-state index contributed by atoms with van der Waals surface area (Å²) in [6.07, 6.45) is 48.5. The van der Waals surface area contributed by atoms with E-state index in [-0.39, 0.29) is 19.2 Å². The summed E-state index contributed by atoms with van der Waals surface area (Å²) in [5.74, 6) is -0.283. The van der Waals surface area contributed by atoms with Crippen molar-refractivity contribution in [1.82, 2.24) is 0 Å². The summed E-state index contributed by atoms with van der Waals surface area (Å²) < 4.78 is 11.0. The van der Waals surface area contributed by atoms with Crippen LogP contribution >= 0.6 is 0 Å². The van der Waals surface area contributed by atoms with E-state index in [4.69, 9.17) is 9.47 Å². The molecule has 0 aliphatic heterocycles. The van der Waals surface area contributed by atoms with E-state index in [0.717, 1.165) is 32.1 Å². The van der Waals surface area contributed by atoms with Crippen LogP contribution in [0, 0.1) is 0 Å². The molecule has 0 aromatic rings. The lowest BCUT2D eigenvalue weighted by molar-refractivity contribution is -0.154. The molecule has 0 radical (unpaired) electrons. The highest BCUT2D eigenvalue weighted by Crippen LogP contribution is 2.12. The Kier molecular flexibility index (Phi) is 35.7. The van der Waals surface area contributed by atoms with Gasteiger partial charge in [0.05, 0.1) is 13.2 Å². The van der Waals surface area contributed by atoms with Crippen molar-refractivity contribution >= 4 is 5.97 Å². The average molecular weight is 615 g/mol. The van der Waals surface area contributed by atoms with Gasteiger partial charge in [0.1, 0.15) is 6.10 Å². The van der Waals surface area contributed by atoms with Gasteiger partial charge in [-0.1, -0.05) is 152 Å². The number of hydrogen-bond acceptors (Lipinski definition) is 4. The first-order valence-electron chi connectivity index (χ1n) is 18.4. The number of rotatable bonds is 33. The largest absolute Gasteiger partial charge is 0.457 e. The Labute approximate surface area is 273 Å². The molecule has 1 N–H and O–H groups in total. The molecule has 0 aliphatic carbocycles. The highest BCUT2D eigenvalue weighted by Gasteiger charge is 2.13. The van der Waals surface area contributed by atoms with Crippen molar-refractivity contribution in [3.63, 3.8) is 0 Å². The van der Waals surface area contributed by atoms with Crippen LogP contribution in [0.15, 0.2) is 60.8 Å². The predicted octanol–water partition coefficient (Wildman–Crippen LogP) is 11.7. The zero-order valence-electron chi connectivity index (χ0n) is 28.9. The van der Waals surface area contributed by atoms with Gasteiger partial charge in [-0.15, -0.1) is 0 Å². The molecule has 0 aromatic carbocycles. The van der Waals surface area contributed by atoms with Gasteiger partial charge in [-0.3, -0.25) is 4.79 Å². The van der Waals surface area contributed by atoms with Crippen LogP contribution in [-0.4, -0.2) is 37.0 Å². The molecule has 0 rings (SSSR count). The van der Waals surface area contributed by atoms with E-state index < -0.39 is 6.10 Å². The quantitative estimate of drug-likeness (QED) is 0.0454. The van der Waals surface area contributed by atoms with Crippen LogP contribution in [0.1, 0.15) is 162 Å². The third kappa shape index (κ3) is 34.6. The molecule has 0 saturated heterocycles. The van der Waals surface area contributed by atoms with E-state index >= 15 is 0 Å². The SMILES string of the molecule is CC/C=C\C/C=C\C/C=C\C/C=C\CCC(=O)OC(CO)COCCCCCCCCCC/C=C\CCCCCCCCC. The van der Waals surface area contributed by atoms with Gasteiger partial charge in [-0.2, -0.15) is 0 Å². The normalized spacial score (nSPS) is 13.1. The van der Waals surface area contributed by atoms with E-state index in [1.165, 1.54) is 103 Å². The standard InChI is InChI=1S/C40H70O4/c1-3-5-7-9-11-13-15-17-18-19-20-21-22-24-26-28-30-32-34-36-43-38-39(37-41)44-40(42)35-33-31-29-27-25-23-16-14-12-10-8-6-4-2/h6,8,12,14,18-19,23,25,29,31,39,41H,3-5,7,9-11,13,15-17,20-22,24,26-28,30,32-38H2,1-2H3/b8-6-,14-12-,19-18-,25-23-,31-29-. The van der Waals surface area contributed by atoms with Crippen molar-refractivity contribution in [2.75, 3.05) is 19.8 Å². The van der Waals surface area contributed by atoms with Crippen molar-refractivity contribution in [2.24, 2.45) is 0 Å². The molecule has 0 heterocycles. The molecular formula is C40H70O4. The topological polar surface area (TPSA) is 55.8 Å². The second-order valence-corrected chi connectivity index (χ2v) is 11.9. The minimum atomic E-state index is -0.574. The summed E-state index contributed by atoms with van der Waals surface area (Å²) in [6, 6.07) is 0. The van der Waals surface area contributed by atoms with Gasteiger partial charge in [0, 0.05) is 13.0 Å². The summed E-state index contributed by atoms with van der Waals surface area (Å²) >= 11 is 0. The van der Waals surface area contributed by atoms with Crippen molar-refractivity contribution < 1.29 is 19.4 Å². The minimum Gasteiger partial charge on any atom is -0.457 e. The lowest BCUT2D eigenvalue weighted by Crippen LogP contribution is -2.27. The van der Waals surface area contributed by atoms with Gasteiger partial charge in [0.15, 0.2) is 0 Å². The van der Waals surface area contributed by atoms with Crippen LogP contribution in [-0.2, 0) is 14.3 Å². The zero-order valence-corrected chi connectivity index (χ0v) is 28.9. The molecule has 0 aliphatic rings. The number of aliphatic hydroxyl groups is 1. The van der Waals surface area contributed by atoms with Gasteiger partial charge in [0.25, 0.3) is 0 Å². The molecule has 0 saturated carbocycles. The zero-order chi connectivity index (χ0) is 32.0. The number of allylic oxidation sites excluding steroid dienone is 10.